The van der Waals surface area contributed by atoms with Gasteiger partial charge in [-0.05, 0) is 30.2 Å². The summed E-state index contributed by atoms with van der Waals surface area (Å²) in [6.07, 6.45) is 4.58. The lowest BCUT2D eigenvalue weighted by atomic mass is 9.84. The SMILES string of the molecule is Cc1ccc(C(c2ccc(F)cc2)C2Cn3ccnc3-c3c(O)c(=O)cnn32)cc1. The fourth-order valence-corrected chi connectivity index (χ4v) is 4.20. The molecule has 1 N–H and O–H groups in total. The van der Waals surface area contributed by atoms with Crippen LogP contribution in [0.3, 0.4) is 0 Å². The molecule has 30 heavy (non-hydrogen) atoms. The van der Waals surface area contributed by atoms with Gasteiger partial charge >= 0.3 is 0 Å². The van der Waals surface area contributed by atoms with Crippen LogP contribution in [0.25, 0.3) is 11.5 Å². The Morgan fingerprint density at radius 2 is 1.77 bits per heavy atom. The molecule has 0 fully saturated rings. The number of hydrogen-bond donors (Lipinski definition) is 1. The smallest absolute Gasteiger partial charge is 0.242 e. The molecule has 7 heteroatoms. The standard InChI is InChI=1S/C23H19FN4O2/c1-14-2-4-15(5-3-14)20(16-6-8-17(24)9-7-16)18-13-27-11-10-25-23(27)21-22(30)19(29)12-26-28(18)21/h2-12,18,20,30H,13H2,1H3. The Kier molecular flexibility index (Phi) is 4.24. The van der Waals surface area contributed by atoms with Crippen molar-refractivity contribution in [2.24, 2.45) is 0 Å². The van der Waals surface area contributed by atoms with Crippen LogP contribution in [0.1, 0.15) is 28.7 Å². The summed E-state index contributed by atoms with van der Waals surface area (Å²) in [7, 11) is 0. The molecule has 4 aromatic rings. The van der Waals surface area contributed by atoms with E-state index < -0.39 is 5.43 Å². The van der Waals surface area contributed by atoms with Crippen LogP contribution in [-0.4, -0.2) is 24.4 Å². The molecule has 0 saturated carbocycles. The number of nitrogens with zero attached hydrogens (tertiary/aromatic N) is 4. The number of imidazole rings is 1. The molecule has 2 unspecified atom stereocenters. The van der Waals surface area contributed by atoms with Crippen molar-refractivity contribution in [3.63, 3.8) is 0 Å². The third-order valence-electron chi connectivity index (χ3n) is 5.66. The minimum absolute atomic E-state index is 0.185. The van der Waals surface area contributed by atoms with Crippen LogP contribution in [0.4, 0.5) is 4.39 Å². The van der Waals surface area contributed by atoms with E-state index in [0.717, 1.165) is 22.9 Å². The van der Waals surface area contributed by atoms with Gasteiger partial charge in [-0.15, -0.1) is 0 Å². The van der Waals surface area contributed by atoms with E-state index >= 15 is 0 Å². The maximum Gasteiger partial charge on any atom is 0.242 e. The Hall–Kier alpha value is -3.74. The normalized spacial score (nSPS) is 16.0. The summed E-state index contributed by atoms with van der Waals surface area (Å²) < 4.78 is 17.2. The first-order valence-corrected chi connectivity index (χ1v) is 9.67. The highest BCUT2D eigenvalue weighted by Gasteiger charge is 2.35. The minimum Gasteiger partial charge on any atom is -0.503 e. The monoisotopic (exact) mass is 402 g/mol. The molecule has 0 radical (unpaired) electrons. The van der Waals surface area contributed by atoms with Crippen LogP contribution >= 0.6 is 0 Å². The van der Waals surface area contributed by atoms with Crippen LogP contribution in [0.15, 0.2) is 71.9 Å². The van der Waals surface area contributed by atoms with Gasteiger partial charge < -0.3 is 9.67 Å². The molecule has 2 atom stereocenters. The highest BCUT2D eigenvalue weighted by molar-refractivity contribution is 5.60. The second-order valence-electron chi connectivity index (χ2n) is 7.56. The molecule has 5 rings (SSSR count). The van der Waals surface area contributed by atoms with Gasteiger partial charge in [-0.3, -0.25) is 9.48 Å². The van der Waals surface area contributed by atoms with Gasteiger partial charge in [0, 0.05) is 24.9 Å². The Bertz CT molecular complexity index is 1230. The second kappa shape index (κ2) is 6.95. The predicted molar refractivity (Wildman–Crippen MR) is 110 cm³/mol. The molecule has 0 bridgehead atoms. The van der Waals surface area contributed by atoms with Gasteiger partial charge in [0.2, 0.25) is 5.43 Å². The maximum absolute atomic E-state index is 13.6. The molecule has 6 nitrogen and oxygen atoms in total. The lowest BCUT2D eigenvalue weighted by molar-refractivity contribution is 0.331. The summed E-state index contributed by atoms with van der Waals surface area (Å²) in [4.78, 5) is 16.4. The number of aromatic nitrogens is 4. The summed E-state index contributed by atoms with van der Waals surface area (Å²) in [5.74, 6) is -0.365. The van der Waals surface area contributed by atoms with E-state index in [1.54, 1.807) is 23.0 Å². The number of aryl methyl sites for hydroxylation is 1. The largest absolute Gasteiger partial charge is 0.503 e. The molecular weight excluding hydrogens is 383 g/mol. The maximum atomic E-state index is 13.6. The lowest BCUT2D eigenvalue weighted by Gasteiger charge is -2.34. The highest BCUT2D eigenvalue weighted by atomic mass is 19.1. The second-order valence-corrected chi connectivity index (χ2v) is 7.56. The van der Waals surface area contributed by atoms with Crippen LogP contribution in [0.2, 0.25) is 0 Å². The van der Waals surface area contributed by atoms with E-state index in [1.165, 1.54) is 12.1 Å². The van der Waals surface area contributed by atoms with Crippen molar-refractivity contribution < 1.29 is 9.50 Å². The highest BCUT2D eigenvalue weighted by Crippen LogP contribution is 2.42. The van der Waals surface area contributed by atoms with E-state index in [9.17, 15) is 14.3 Å². The first-order chi connectivity index (χ1) is 14.5. The van der Waals surface area contributed by atoms with Gasteiger partial charge in [-0.25, -0.2) is 9.37 Å². The quantitative estimate of drug-likeness (QED) is 0.568. The molecule has 0 amide bonds. The molecule has 3 heterocycles. The van der Waals surface area contributed by atoms with Gasteiger partial charge in [0.1, 0.15) is 11.5 Å². The zero-order chi connectivity index (χ0) is 20.8. The number of fused-ring (bicyclic) bond motifs is 3. The average Bonchev–Trinajstić information content (AvgIpc) is 3.22. The summed E-state index contributed by atoms with van der Waals surface area (Å²) in [6.45, 7) is 2.56. The van der Waals surface area contributed by atoms with Crippen molar-refractivity contribution in [2.45, 2.75) is 25.4 Å². The zero-order valence-electron chi connectivity index (χ0n) is 16.2. The van der Waals surface area contributed by atoms with Crippen molar-refractivity contribution in [3.05, 3.63) is 99.9 Å². The van der Waals surface area contributed by atoms with Crippen LogP contribution < -0.4 is 5.43 Å². The van der Waals surface area contributed by atoms with Gasteiger partial charge in [0.25, 0.3) is 0 Å². The summed E-state index contributed by atoms with van der Waals surface area (Å²) in [5, 5.41) is 14.9. The van der Waals surface area contributed by atoms with Crippen molar-refractivity contribution in [2.75, 3.05) is 0 Å². The number of halogens is 1. The Morgan fingerprint density at radius 3 is 2.47 bits per heavy atom. The van der Waals surface area contributed by atoms with Crippen molar-refractivity contribution in [1.29, 1.82) is 0 Å². The molecule has 150 valence electrons. The van der Waals surface area contributed by atoms with E-state index in [-0.39, 0.29) is 23.5 Å². The molecule has 0 aliphatic carbocycles. The zero-order valence-corrected chi connectivity index (χ0v) is 16.2. The fourth-order valence-electron chi connectivity index (χ4n) is 4.20. The molecule has 0 saturated heterocycles. The van der Waals surface area contributed by atoms with Crippen LogP contribution in [-0.2, 0) is 6.54 Å². The number of benzene rings is 2. The van der Waals surface area contributed by atoms with E-state index in [0.29, 0.717) is 18.1 Å². The minimum atomic E-state index is -0.551. The Morgan fingerprint density at radius 1 is 1.10 bits per heavy atom. The molecule has 0 spiro atoms. The van der Waals surface area contributed by atoms with E-state index in [4.69, 9.17) is 0 Å². The molecule has 1 aliphatic heterocycles. The molecule has 2 aromatic carbocycles. The summed E-state index contributed by atoms with van der Waals surface area (Å²) in [6, 6.07) is 14.3. The molecule has 1 aliphatic rings. The number of rotatable bonds is 3. The van der Waals surface area contributed by atoms with Gasteiger partial charge in [-0.2, -0.15) is 5.10 Å². The van der Waals surface area contributed by atoms with Gasteiger partial charge in [-0.1, -0.05) is 42.0 Å². The van der Waals surface area contributed by atoms with Gasteiger partial charge in [0.15, 0.2) is 11.6 Å². The molecular formula is C23H19FN4O2. The number of hydrogen-bond acceptors (Lipinski definition) is 4. The van der Waals surface area contributed by atoms with E-state index in [1.807, 2.05) is 29.8 Å². The van der Waals surface area contributed by atoms with E-state index in [2.05, 4.69) is 22.2 Å². The Labute approximate surface area is 171 Å². The summed E-state index contributed by atoms with van der Waals surface area (Å²) in [5.41, 5.74) is 2.83. The third-order valence-corrected chi connectivity index (χ3v) is 5.66. The topological polar surface area (TPSA) is 72.9 Å². The van der Waals surface area contributed by atoms with Crippen LogP contribution in [0, 0.1) is 12.7 Å². The van der Waals surface area contributed by atoms with Crippen molar-refractivity contribution in [3.8, 4) is 17.3 Å². The predicted octanol–water partition coefficient (Wildman–Crippen LogP) is 3.65. The third kappa shape index (κ3) is 2.90. The summed E-state index contributed by atoms with van der Waals surface area (Å²) >= 11 is 0. The number of aromatic hydroxyl groups is 1. The van der Waals surface area contributed by atoms with Crippen LogP contribution in [0.5, 0.6) is 5.75 Å². The lowest BCUT2D eigenvalue weighted by Crippen LogP contribution is -2.32. The van der Waals surface area contributed by atoms with Crippen molar-refractivity contribution >= 4 is 0 Å². The first-order valence-electron chi connectivity index (χ1n) is 9.67. The average molecular weight is 402 g/mol. The molecule has 2 aromatic heterocycles. The van der Waals surface area contributed by atoms with Crippen molar-refractivity contribution in [1.82, 2.24) is 19.3 Å². The fraction of sp³-hybridized carbons (Fsp3) is 0.174. The van der Waals surface area contributed by atoms with Gasteiger partial charge in [0.05, 0.1) is 12.2 Å². The first kappa shape index (κ1) is 18.3. The Balaban J connectivity index is 1.74.